The summed E-state index contributed by atoms with van der Waals surface area (Å²) in [4.78, 5) is 5.22. The van der Waals surface area contributed by atoms with Gasteiger partial charge in [-0.1, -0.05) is 194 Å². The van der Waals surface area contributed by atoms with Crippen LogP contribution in [0.1, 0.15) is 22.7 Å². The smallest absolute Gasteiger partial charge is 0.134 e. The number of para-hydroxylation sites is 2. The molecule has 1 aliphatic heterocycles. The monoisotopic (exact) mass is 753 g/mol. The molecule has 1 aliphatic rings. The first kappa shape index (κ1) is 34.5. The van der Waals surface area contributed by atoms with Crippen LogP contribution in [-0.2, 0) is 0 Å². The number of nitrogens with zero attached hydrogens (tertiary/aromatic N) is 2. The van der Waals surface area contributed by atoms with Crippen LogP contribution in [0.25, 0.3) is 77.3 Å². The molecule has 0 amide bonds. The molecule has 1 aromatic heterocycles. The van der Waals surface area contributed by atoms with Crippen molar-refractivity contribution in [2.75, 3.05) is 0 Å². The molecule has 1 atom stereocenters. The van der Waals surface area contributed by atoms with Crippen LogP contribution in [0, 0.1) is 0 Å². The van der Waals surface area contributed by atoms with Crippen LogP contribution >= 0.6 is 0 Å². The number of benzene rings is 9. The lowest BCUT2D eigenvalue weighted by atomic mass is 9.91. The summed E-state index contributed by atoms with van der Waals surface area (Å²) in [5, 5.41) is 8.62. The van der Waals surface area contributed by atoms with Gasteiger partial charge in [-0.05, 0) is 80.1 Å². The second kappa shape index (κ2) is 14.6. The third kappa shape index (κ3) is 6.30. The third-order valence-corrected chi connectivity index (χ3v) is 11.7. The van der Waals surface area contributed by atoms with Gasteiger partial charge in [0, 0.05) is 27.6 Å². The van der Waals surface area contributed by atoms with Crippen molar-refractivity contribution in [2.45, 2.75) is 6.04 Å². The molecule has 10 aromatic rings. The molecule has 0 aliphatic carbocycles. The normalized spacial score (nSPS) is 13.9. The molecule has 0 fully saturated rings. The first-order chi connectivity index (χ1) is 29.2. The first-order valence-electron chi connectivity index (χ1n) is 20.2. The van der Waals surface area contributed by atoms with Crippen LogP contribution in [0.5, 0.6) is 0 Å². The summed E-state index contributed by atoms with van der Waals surface area (Å²) in [6, 6.07) is 78.4. The molecule has 9 aromatic carbocycles. The van der Waals surface area contributed by atoms with Crippen molar-refractivity contribution < 1.29 is 0 Å². The highest BCUT2D eigenvalue weighted by atomic mass is 15.0. The van der Waals surface area contributed by atoms with E-state index in [0.29, 0.717) is 0 Å². The fraction of sp³-hybridized carbons (Fsp3) is 0.0179. The van der Waals surface area contributed by atoms with Gasteiger partial charge in [0.15, 0.2) is 0 Å². The molecule has 0 radical (unpaired) electrons. The zero-order valence-corrected chi connectivity index (χ0v) is 32.3. The lowest BCUT2D eigenvalue weighted by molar-refractivity contribution is 0.781. The van der Waals surface area contributed by atoms with Crippen LogP contribution in [0.4, 0.5) is 0 Å². The highest BCUT2D eigenvalue weighted by Crippen LogP contribution is 2.38. The average molecular weight is 754 g/mol. The van der Waals surface area contributed by atoms with Gasteiger partial charge in [0.25, 0.3) is 0 Å². The summed E-state index contributed by atoms with van der Waals surface area (Å²) in [6.45, 7) is 0. The van der Waals surface area contributed by atoms with E-state index in [-0.39, 0.29) is 6.04 Å². The van der Waals surface area contributed by atoms with E-state index in [1.807, 2.05) is 6.07 Å². The Labute approximate surface area is 343 Å². The van der Waals surface area contributed by atoms with Crippen LogP contribution in [0.15, 0.2) is 229 Å². The second-order valence-electron chi connectivity index (χ2n) is 15.2. The molecule has 0 bridgehead atoms. The Morgan fingerprint density at radius 2 is 0.864 bits per heavy atom. The van der Waals surface area contributed by atoms with Crippen LogP contribution in [-0.4, -0.2) is 10.4 Å². The van der Waals surface area contributed by atoms with E-state index < -0.39 is 0 Å². The summed E-state index contributed by atoms with van der Waals surface area (Å²) in [7, 11) is 0. The molecule has 1 N–H and O–H groups in total. The lowest BCUT2D eigenvalue weighted by Crippen LogP contribution is -2.31. The maximum Gasteiger partial charge on any atom is 0.134 e. The molecule has 11 rings (SSSR count). The summed E-state index contributed by atoms with van der Waals surface area (Å²) in [5.74, 6) is 0.877. The van der Waals surface area contributed by atoms with Gasteiger partial charge in [0.2, 0.25) is 0 Å². The van der Waals surface area contributed by atoms with E-state index in [0.717, 1.165) is 28.3 Å². The van der Waals surface area contributed by atoms with Crippen molar-refractivity contribution in [3.8, 4) is 39.1 Å². The van der Waals surface area contributed by atoms with Crippen LogP contribution in [0.2, 0.25) is 0 Å². The number of rotatable bonds is 7. The molecule has 59 heavy (non-hydrogen) atoms. The Bertz CT molecular complexity index is 3160. The van der Waals surface area contributed by atoms with Crippen LogP contribution in [0.3, 0.4) is 0 Å². The Morgan fingerprint density at radius 1 is 0.373 bits per heavy atom. The molecule has 0 saturated heterocycles. The van der Waals surface area contributed by atoms with E-state index in [4.69, 9.17) is 4.99 Å². The molecule has 1 unspecified atom stereocenters. The standard InChI is InChI=1S/C56H39N3/c1-3-14-42(15-4-1)52-37-53(58-56(57-52)43-16-5-2-6-17-43)49-35-34-46(47-20-7-8-21-48(47)49)41-32-30-39(31-33-41)38-26-28-40(29-27-38)44-18-13-19-45(36-44)59-54-24-11-9-22-50(54)51-23-10-12-25-55(51)59/h1-37,52H,(H,57,58). The summed E-state index contributed by atoms with van der Waals surface area (Å²) in [6.07, 6.45) is 2.26. The number of aliphatic imine (C=N–C) groups is 1. The fourth-order valence-electron chi connectivity index (χ4n) is 8.77. The van der Waals surface area contributed by atoms with Crippen molar-refractivity contribution >= 4 is 44.1 Å². The summed E-state index contributed by atoms with van der Waals surface area (Å²) < 4.78 is 2.38. The molecular weight excluding hydrogens is 715 g/mol. The van der Waals surface area contributed by atoms with Gasteiger partial charge in [0.1, 0.15) is 5.84 Å². The van der Waals surface area contributed by atoms with Crippen molar-refractivity contribution in [3.63, 3.8) is 0 Å². The Morgan fingerprint density at radius 3 is 1.51 bits per heavy atom. The van der Waals surface area contributed by atoms with E-state index >= 15 is 0 Å². The van der Waals surface area contributed by atoms with E-state index in [9.17, 15) is 0 Å². The number of hydrogen-bond donors (Lipinski definition) is 1. The third-order valence-electron chi connectivity index (χ3n) is 11.7. The molecule has 3 heteroatoms. The predicted molar refractivity (Wildman–Crippen MR) is 248 cm³/mol. The van der Waals surface area contributed by atoms with Gasteiger partial charge in [-0.2, -0.15) is 0 Å². The SMILES string of the molecule is C1=C(c2ccc(-c3ccc(-c4ccc(-c5cccc(-n6c7ccccc7c7ccccc76)c5)cc4)cc3)c3ccccc23)N=C(c2ccccc2)NC1c1ccccc1. The molecule has 0 saturated carbocycles. The maximum absolute atomic E-state index is 5.22. The van der Waals surface area contributed by atoms with Gasteiger partial charge in [-0.25, -0.2) is 4.99 Å². The van der Waals surface area contributed by atoms with E-state index in [1.54, 1.807) is 0 Å². The average Bonchev–Trinajstić information content (AvgIpc) is 3.66. The van der Waals surface area contributed by atoms with Gasteiger partial charge in [-0.3, -0.25) is 0 Å². The molecule has 278 valence electrons. The minimum atomic E-state index is -0.00426. The highest BCUT2D eigenvalue weighted by Gasteiger charge is 2.21. The van der Waals surface area contributed by atoms with Gasteiger partial charge < -0.3 is 9.88 Å². The van der Waals surface area contributed by atoms with Crippen LogP contribution < -0.4 is 5.32 Å². The summed E-state index contributed by atoms with van der Waals surface area (Å²) >= 11 is 0. The number of nitrogens with one attached hydrogen (secondary N) is 1. The van der Waals surface area contributed by atoms with E-state index in [2.05, 4.69) is 228 Å². The van der Waals surface area contributed by atoms with Gasteiger partial charge in [0.05, 0.1) is 22.8 Å². The zero-order chi connectivity index (χ0) is 39.1. The van der Waals surface area contributed by atoms with Gasteiger partial charge in [-0.15, -0.1) is 0 Å². The number of hydrogen-bond acceptors (Lipinski definition) is 2. The molecule has 2 heterocycles. The molecular formula is C56H39N3. The van der Waals surface area contributed by atoms with E-state index in [1.165, 1.54) is 71.5 Å². The Hall–Kier alpha value is -7.75. The van der Waals surface area contributed by atoms with Gasteiger partial charge >= 0.3 is 0 Å². The first-order valence-corrected chi connectivity index (χ1v) is 20.2. The second-order valence-corrected chi connectivity index (χ2v) is 15.2. The largest absolute Gasteiger partial charge is 0.359 e. The minimum Gasteiger partial charge on any atom is -0.359 e. The number of aromatic nitrogens is 1. The Balaban J connectivity index is 0.895. The van der Waals surface area contributed by atoms with Crippen molar-refractivity contribution in [2.24, 2.45) is 4.99 Å². The Kier molecular flexibility index (Phi) is 8.56. The molecule has 0 spiro atoms. The maximum atomic E-state index is 5.22. The number of fused-ring (bicyclic) bond motifs is 4. The van der Waals surface area contributed by atoms with Crippen molar-refractivity contribution in [3.05, 3.63) is 241 Å². The highest BCUT2D eigenvalue weighted by molar-refractivity contribution is 6.10. The topological polar surface area (TPSA) is 29.3 Å². The summed E-state index contributed by atoms with van der Waals surface area (Å²) in [5.41, 5.74) is 15.1. The minimum absolute atomic E-state index is 0.00426. The fourth-order valence-corrected chi connectivity index (χ4v) is 8.77. The van der Waals surface area contributed by atoms with Crippen molar-refractivity contribution in [1.82, 2.24) is 9.88 Å². The van der Waals surface area contributed by atoms with Crippen molar-refractivity contribution in [1.29, 1.82) is 0 Å². The lowest BCUT2D eigenvalue weighted by Gasteiger charge is -2.25. The predicted octanol–water partition coefficient (Wildman–Crippen LogP) is 14.1. The number of amidine groups is 1. The molecule has 3 nitrogen and oxygen atoms in total. The zero-order valence-electron chi connectivity index (χ0n) is 32.3. The quantitative estimate of drug-likeness (QED) is 0.173.